The van der Waals surface area contributed by atoms with Gasteiger partial charge in [0.1, 0.15) is 5.75 Å². The van der Waals surface area contributed by atoms with Crippen LogP contribution < -0.4 is 4.74 Å². The largest absolute Gasteiger partial charge is 0.494 e. The van der Waals surface area contributed by atoms with Crippen LogP contribution in [0.1, 0.15) is 58.4 Å². The van der Waals surface area contributed by atoms with Gasteiger partial charge < -0.3 is 24.4 Å². The van der Waals surface area contributed by atoms with E-state index in [1.807, 2.05) is 12.1 Å². The monoisotopic (exact) mass is 380 g/mol. The van der Waals surface area contributed by atoms with Gasteiger partial charge in [-0.05, 0) is 48.8 Å². The van der Waals surface area contributed by atoms with Gasteiger partial charge in [-0.15, -0.1) is 0 Å². The van der Waals surface area contributed by atoms with Crippen molar-refractivity contribution in [2.75, 3.05) is 19.8 Å². The minimum atomic E-state index is -0.454. The number of unbranched alkanes of at least 4 members (excludes halogenated alkanes) is 1. The van der Waals surface area contributed by atoms with Crippen molar-refractivity contribution in [3.05, 3.63) is 29.8 Å². The van der Waals surface area contributed by atoms with E-state index >= 15 is 0 Å². The summed E-state index contributed by atoms with van der Waals surface area (Å²) in [5, 5.41) is 18.9. The summed E-state index contributed by atoms with van der Waals surface area (Å²) in [6, 6.07) is 8.33. The lowest BCUT2D eigenvalue weighted by atomic mass is 9.93. The lowest BCUT2D eigenvalue weighted by molar-refractivity contribution is -0.221. The Kier molecular flexibility index (Phi) is 9.03. The van der Waals surface area contributed by atoms with E-state index in [2.05, 4.69) is 32.9 Å². The standard InChI is InChI=1S/C22H36O5/c1-22(2,3)11-13-25-19-9-7-17(8-10-19)6-4-5-12-26-21-15-18(24)14-20(16-23)27-21/h7-10,18,20-21,23-24H,4-6,11-16H2,1-3H3. The highest BCUT2D eigenvalue weighted by molar-refractivity contribution is 5.27. The van der Waals surface area contributed by atoms with Gasteiger partial charge in [0, 0.05) is 19.4 Å². The lowest BCUT2D eigenvalue weighted by Gasteiger charge is -2.32. The smallest absolute Gasteiger partial charge is 0.160 e. The Morgan fingerprint density at radius 2 is 1.81 bits per heavy atom. The van der Waals surface area contributed by atoms with Gasteiger partial charge in [-0.25, -0.2) is 0 Å². The number of benzene rings is 1. The first-order valence-corrected chi connectivity index (χ1v) is 10.1. The topological polar surface area (TPSA) is 68.2 Å². The van der Waals surface area contributed by atoms with Crippen LogP contribution >= 0.6 is 0 Å². The molecule has 1 aromatic carbocycles. The van der Waals surface area contributed by atoms with E-state index in [1.165, 1.54) is 5.56 Å². The third kappa shape index (κ3) is 9.06. The molecule has 5 nitrogen and oxygen atoms in total. The fraction of sp³-hybridized carbons (Fsp3) is 0.727. The van der Waals surface area contributed by atoms with Crippen LogP contribution in [0.15, 0.2) is 24.3 Å². The van der Waals surface area contributed by atoms with Gasteiger partial charge >= 0.3 is 0 Å². The van der Waals surface area contributed by atoms with Crippen molar-refractivity contribution in [3.8, 4) is 5.75 Å². The summed E-state index contributed by atoms with van der Waals surface area (Å²) in [6.45, 7) is 7.93. The molecule has 154 valence electrons. The second kappa shape index (κ2) is 11.0. The maximum Gasteiger partial charge on any atom is 0.160 e. The number of aliphatic hydroxyl groups excluding tert-OH is 2. The summed E-state index contributed by atoms with van der Waals surface area (Å²) in [5.74, 6) is 0.928. The van der Waals surface area contributed by atoms with Gasteiger partial charge in [0.2, 0.25) is 0 Å². The van der Waals surface area contributed by atoms with Crippen LogP contribution in [-0.4, -0.2) is 48.5 Å². The summed E-state index contributed by atoms with van der Waals surface area (Å²) < 4.78 is 17.1. The van der Waals surface area contributed by atoms with Crippen LogP contribution in [0.4, 0.5) is 0 Å². The van der Waals surface area contributed by atoms with Crippen LogP contribution in [0.3, 0.4) is 0 Å². The number of hydrogen-bond donors (Lipinski definition) is 2. The predicted octanol–water partition coefficient (Wildman–Crippen LogP) is 3.70. The average Bonchev–Trinajstić information content (AvgIpc) is 2.61. The molecular formula is C22H36O5. The number of ether oxygens (including phenoxy) is 3. The van der Waals surface area contributed by atoms with Crippen molar-refractivity contribution in [1.82, 2.24) is 0 Å². The molecule has 0 radical (unpaired) electrons. The molecule has 27 heavy (non-hydrogen) atoms. The molecule has 0 spiro atoms. The number of aryl methyl sites for hydroxylation is 1. The van der Waals surface area contributed by atoms with Gasteiger partial charge in [-0.3, -0.25) is 0 Å². The van der Waals surface area contributed by atoms with Crippen molar-refractivity contribution < 1.29 is 24.4 Å². The summed E-state index contributed by atoms with van der Waals surface area (Å²) in [6.07, 6.45) is 3.78. The van der Waals surface area contributed by atoms with Crippen LogP contribution in [0.5, 0.6) is 5.75 Å². The van der Waals surface area contributed by atoms with Gasteiger partial charge in [-0.2, -0.15) is 0 Å². The minimum Gasteiger partial charge on any atom is -0.494 e. The zero-order valence-corrected chi connectivity index (χ0v) is 17.0. The Balaban J connectivity index is 1.59. The normalized spacial score (nSPS) is 23.4. The number of hydrogen-bond acceptors (Lipinski definition) is 5. The first kappa shape index (κ1) is 22.2. The third-order valence-electron chi connectivity index (χ3n) is 4.76. The molecule has 5 heteroatoms. The third-order valence-corrected chi connectivity index (χ3v) is 4.76. The molecule has 2 N–H and O–H groups in total. The van der Waals surface area contributed by atoms with Crippen molar-refractivity contribution in [2.45, 2.75) is 77.8 Å². The molecule has 1 saturated heterocycles. The Bertz CT molecular complexity index is 522. The Labute approximate surface area is 163 Å². The fourth-order valence-electron chi connectivity index (χ4n) is 3.05. The molecule has 0 bridgehead atoms. The van der Waals surface area contributed by atoms with Crippen LogP contribution in [0, 0.1) is 5.41 Å². The SMILES string of the molecule is CC(C)(C)CCOc1ccc(CCCCOC2CC(O)CC(CO)O2)cc1. The quantitative estimate of drug-likeness (QED) is 0.606. The van der Waals surface area contributed by atoms with E-state index in [0.29, 0.717) is 24.9 Å². The fourth-order valence-corrected chi connectivity index (χ4v) is 3.05. The number of aliphatic hydroxyl groups is 2. The molecular weight excluding hydrogens is 344 g/mol. The highest BCUT2D eigenvalue weighted by Gasteiger charge is 2.28. The Morgan fingerprint density at radius 3 is 2.48 bits per heavy atom. The molecule has 1 aromatic rings. The zero-order valence-electron chi connectivity index (χ0n) is 17.0. The first-order chi connectivity index (χ1) is 12.9. The second-order valence-electron chi connectivity index (χ2n) is 8.63. The molecule has 0 aliphatic carbocycles. The molecule has 0 aromatic heterocycles. The molecule has 3 unspecified atom stereocenters. The maximum atomic E-state index is 9.77. The summed E-state index contributed by atoms with van der Waals surface area (Å²) in [4.78, 5) is 0. The van der Waals surface area contributed by atoms with Crippen molar-refractivity contribution in [1.29, 1.82) is 0 Å². The van der Waals surface area contributed by atoms with E-state index < -0.39 is 12.4 Å². The highest BCUT2D eigenvalue weighted by atomic mass is 16.7. The second-order valence-corrected chi connectivity index (χ2v) is 8.63. The van der Waals surface area contributed by atoms with E-state index in [1.54, 1.807) is 0 Å². The van der Waals surface area contributed by atoms with Gasteiger partial charge in [0.25, 0.3) is 0 Å². The molecule has 1 aliphatic heterocycles. The maximum absolute atomic E-state index is 9.77. The first-order valence-electron chi connectivity index (χ1n) is 10.1. The zero-order chi connectivity index (χ0) is 19.7. The summed E-state index contributed by atoms with van der Waals surface area (Å²) >= 11 is 0. The molecule has 0 amide bonds. The van der Waals surface area contributed by atoms with Crippen molar-refractivity contribution in [2.24, 2.45) is 5.41 Å². The van der Waals surface area contributed by atoms with E-state index in [4.69, 9.17) is 19.3 Å². The van der Waals surface area contributed by atoms with Gasteiger partial charge in [-0.1, -0.05) is 32.9 Å². The molecule has 2 rings (SSSR count). The number of rotatable bonds is 10. The average molecular weight is 381 g/mol. The van der Waals surface area contributed by atoms with Crippen molar-refractivity contribution >= 4 is 0 Å². The molecule has 1 aliphatic rings. The Morgan fingerprint density at radius 1 is 1.07 bits per heavy atom. The predicted molar refractivity (Wildman–Crippen MR) is 106 cm³/mol. The van der Waals surface area contributed by atoms with E-state index in [-0.39, 0.29) is 12.7 Å². The molecule has 1 heterocycles. The van der Waals surface area contributed by atoms with E-state index in [0.717, 1.165) is 38.0 Å². The van der Waals surface area contributed by atoms with Gasteiger partial charge in [0.05, 0.1) is 25.4 Å². The molecule has 0 saturated carbocycles. The Hall–Kier alpha value is -1.14. The lowest BCUT2D eigenvalue weighted by Crippen LogP contribution is -2.39. The minimum absolute atomic E-state index is 0.0766. The summed E-state index contributed by atoms with van der Waals surface area (Å²) in [5.41, 5.74) is 1.59. The van der Waals surface area contributed by atoms with Crippen LogP contribution in [0.25, 0.3) is 0 Å². The van der Waals surface area contributed by atoms with Crippen molar-refractivity contribution in [3.63, 3.8) is 0 Å². The van der Waals surface area contributed by atoms with E-state index in [9.17, 15) is 5.11 Å². The van der Waals surface area contributed by atoms with Crippen LogP contribution in [0.2, 0.25) is 0 Å². The molecule has 1 fully saturated rings. The molecule has 3 atom stereocenters. The van der Waals surface area contributed by atoms with Crippen LogP contribution in [-0.2, 0) is 15.9 Å². The van der Waals surface area contributed by atoms with Gasteiger partial charge in [0.15, 0.2) is 6.29 Å². The highest BCUT2D eigenvalue weighted by Crippen LogP contribution is 2.21. The summed E-state index contributed by atoms with van der Waals surface area (Å²) in [7, 11) is 0.